The molecule has 116 valence electrons. The molecule has 0 atom stereocenters. The van der Waals surface area contributed by atoms with E-state index in [0.717, 1.165) is 53.8 Å². The summed E-state index contributed by atoms with van der Waals surface area (Å²) < 4.78 is 0. The van der Waals surface area contributed by atoms with E-state index in [2.05, 4.69) is 43.9 Å². The Kier molecular flexibility index (Phi) is 4.00. The highest BCUT2D eigenvalue weighted by Crippen LogP contribution is 2.30. The summed E-state index contributed by atoms with van der Waals surface area (Å²) in [5.74, 6) is 0.606. The van der Waals surface area contributed by atoms with E-state index in [1.54, 1.807) is 6.92 Å². The van der Waals surface area contributed by atoms with Gasteiger partial charge in [-0.25, -0.2) is 0 Å². The predicted octanol–water partition coefficient (Wildman–Crippen LogP) is 3.94. The highest BCUT2D eigenvalue weighted by molar-refractivity contribution is 6.07. The van der Waals surface area contributed by atoms with Gasteiger partial charge in [-0.1, -0.05) is 26.8 Å². The van der Waals surface area contributed by atoms with Crippen LogP contribution in [0.2, 0.25) is 0 Å². The zero-order valence-electron chi connectivity index (χ0n) is 13.9. The molecule has 0 spiro atoms. The lowest BCUT2D eigenvalue weighted by Crippen LogP contribution is -2.32. The van der Waals surface area contributed by atoms with Gasteiger partial charge in [0, 0.05) is 36.2 Å². The Morgan fingerprint density at radius 1 is 1.36 bits per heavy atom. The van der Waals surface area contributed by atoms with Crippen LogP contribution in [0.25, 0.3) is 10.9 Å². The molecule has 2 heterocycles. The fourth-order valence-corrected chi connectivity index (χ4v) is 3.35. The van der Waals surface area contributed by atoms with Crippen LogP contribution in [0, 0.1) is 0 Å². The van der Waals surface area contributed by atoms with Crippen molar-refractivity contribution in [2.24, 2.45) is 0 Å². The number of ketones is 1. The first-order valence-electron chi connectivity index (χ1n) is 8.20. The van der Waals surface area contributed by atoms with Crippen molar-refractivity contribution in [3.05, 3.63) is 40.6 Å². The molecule has 22 heavy (non-hydrogen) atoms. The van der Waals surface area contributed by atoms with Crippen LogP contribution in [0.4, 0.5) is 0 Å². The Balaban J connectivity index is 2.27. The second kappa shape index (κ2) is 5.81. The third kappa shape index (κ3) is 2.54. The maximum Gasteiger partial charge on any atom is 0.160 e. The Morgan fingerprint density at radius 2 is 2.14 bits per heavy atom. The van der Waals surface area contributed by atoms with Crippen LogP contribution in [-0.4, -0.2) is 28.8 Å². The number of carbonyl (C=O) groups excluding carboxylic acids is 1. The van der Waals surface area contributed by atoms with Crippen LogP contribution in [0.5, 0.6) is 0 Å². The van der Waals surface area contributed by atoms with Gasteiger partial charge in [0.05, 0.1) is 5.52 Å². The molecule has 1 aromatic carbocycles. The van der Waals surface area contributed by atoms with Gasteiger partial charge in [0.25, 0.3) is 0 Å². The quantitative estimate of drug-likeness (QED) is 0.804. The third-order valence-corrected chi connectivity index (χ3v) is 4.71. The molecule has 0 aliphatic carbocycles. The van der Waals surface area contributed by atoms with Gasteiger partial charge in [0.2, 0.25) is 0 Å². The summed E-state index contributed by atoms with van der Waals surface area (Å²) in [5, 5.41) is 1.02. The molecule has 3 nitrogen and oxygen atoms in total. The molecule has 1 aliphatic heterocycles. The molecule has 0 N–H and O–H groups in total. The van der Waals surface area contributed by atoms with Crippen molar-refractivity contribution in [1.82, 2.24) is 9.88 Å². The Bertz CT molecular complexity index is 734. The van der Waals surface area contributed by atoms with Crippen molar-refractivity contribution < 1.29 is 4.79 Å². The number of hydrogen-bond acceptors (Lipinski definition) is 3. The number of hydrogen-bond donors (Lipinski definition) is 0. The fourth-order valence-electron chi connectivity index (χ4n) is 3.35. The number of carbonyl (C=O) groups is 1. The minimum atomic E-state index is 0.155. The van der Waals surface area contributed by atoms with Gasteiger partial charge in [-0.05, 0) is 42.6 Å². The lowest BCUT2D eigenvalue weighted by molar-refractivity contribution is 0.101. The molecule has 3 heteroatoms. The molecular formula is C19H24N2O. The molecule has 0 unspecified atom stereocenters. The van der Waals surface area contributed by atoms with E-state index >= 15 is 0 Å². The topological polar surface area (TPSA) is 33.2 Å². The zero-order chi connectivity index (χ0) is 15.9. The molecule has 0 radical (unpaired) electrons. The smallest absolute Gasteiger partial charge is 0.160 e. The summed E-state index contributed by atoms with van der Waals surface area (Å²) in [7, 11) is 0. The highest BCUT2D eigenvalue weighted by atomic mass is 16.1. The second-order valence-corrected chi connectivity index (χ2v) is 6.52. The van der Waals surface area contributed by atoms with Crippen molar-refractivity contribution in [2.75, 3.05) is 13.1 Å². The van der Waals surface area contributed by atoms with E-state index < -0.39 is 0 Å². The average molecular weight is 296 g/mol. The Hall–Kier alpha value is -1.74. The normalized spacial score (nSPS) is 15.3. The monoisotopic (exact) mass is 296 g/mol. The van der Waals surface area contributed by atoms with Gasteiger partial charge in [0.1, 0.15) is 0 Å². The van der Waals surface area contributed by atoms with Crippen LogP contribution < -0.4 is 0 Å². The molecule has 0 amide bonds. The summed E-state index contributed by atoms with van der Waals surface area (Å²) in [5.41, 5.74) is 5.37. The minimum absolute atomic E-state index is 0.155. The first kappa shape index (κ1) is 15.2. The van der Waals surface area contributed by atoms with E-state index in [4.69, 9.17) is 4.98 Å². The number of Topliss-reactive ketones (excluding diaryl/α,β-unsaturated/α-hetero) is 1. The van der Waals surface area contributed by atoms with E-state index in [1.165, 1.54) is 5.56 Å². The summed E-state index contributed by atoms with van der Waals surface area (Å²) in [6.45, 7) is 11.1. The summed E-state index contributed by atoms with van der Waals surface area (Å²) >= 11 is 0. The van der Waals surface area contributed by atoms with Gasteiger partial charge < -0.3 is 0 Å². The lowest BCUT2D eigenvalue weighted by Gasteiger charge is -2.29. The third-order valence-electron chi connectivity index (χ3n) is 4.71. The number of pyridine rings is 1. The molecule has 1 aromatic heterocycles. The maximum absolute atomic E-state index is 12.4. The van der Waals surface area contributed by atoms with Gasteiger partial charge in [-0.15, -0.1) is 0 Å². The number of fused-ring (bicyclic) bond motifs is 2. The van der Waals surface area contributed by atoms with Crippen LogP contribution in [0.3, 0.4) is 0 Å². The average Bonchev–Trinajstić information content (AvgIpc) is 2.50. The maximum atomic E-state index is 12.4. The van der Waals surface area contributed by atoms with E-state index in [-0.39, 0.29) is 5.78 Å². The fraction of sp³-hybridized carbons (Fsp3) is 0.474. The first-order valence-corrected chi connectivity index (χ1v) is 8.20. The first-order chi connectivity index (χ1) is 10.5. The summed E-state index contributed by atoms with van der Waals surface area (Å²) in [6, 6.07) is 6.37. The van der Waals surface area contributed by atoms with Crippen molar-refractivity contribution in [3.8, 4) is 0 Å². The Labute approximate surface area is 132 Å². The van der Waals surface area contributed by atoms with E-state index in [9.17, 15) is 4.79 Å². The SMILES string of the molecule is CCN1CCc2nc3ccc(C(C)C)cc3c(C(C)=O)c2C1. The number of nitrogens with zero attached hydrogens (tertiary/aromatic N) is 2. The number of benzene rings is 1. The van der Waals surface area contributed by atoms with Crippen molar-refractivity contribution in [1.29, 1.82) is 0 Å². The van der Waals surface area contributed by atoms with E-state index in [1.807, 2.05) is 0 Å². The number of aromatic nitrogens is 1. The van der Waals surface area contributed by atoms with E-state index in [0.29, 0.717) is 5.92 Å². The lowest BCUT2D eigenvalue weighted by atomic mass is 9.91. The van der Waals surface area contributed by atoms with Crippen LogP contribution in [0.15, 0.2) is 18.2 Å². The van der Waals surface area contributed by atoms with Gasteiger partial charge in [-0.2, -0.15) is 0 Å². The molecular weight excluding hydrogens is 272 g/mol. The van der Waals surface area contributed by atoms with Crippen molar-refractivity contribution >= 4 is 16.7 Å². The minimum Gasteiger partial charge on any atom is -0.299 e. The second-order valence-electron chi connectivity index (χ2n) is 6.52. The van der Waals surface area contributed by atoms with Crippen LogP contribution >= 0.6 is 0 Å². The summed E-state index contributed by atoms with van der Waals surface area (Å²) in [4.78, 5) is 19.6. The van der Waals surface area contributed by atoms with Gasteiger partial charge in [0.15, 0.2) is 5.78 Å². The number of rotatable bonds is 3. The van der Waals surface area contributed by atoms with Gasteiger partial charge >= 0.3 is 0 Å². The van der Waals surface area contributed by atoms with Crippen LogP contribution in [0.1, 0.15) is 60.8 Å². The molecule has 0 fully saturated rings. The molecule has 2 aromatic rings. The van der Waals surface area contributed by atoms with Gasteiger partial charge in [-0.3, -0.25) is 14.7 Å². The Morgan fingerprint density at radius 3 is 2.77 bits per heavy atom. The largest absolute Gasteiger partial charge is 0.299 e. The van der Waals surface area contributed by atoms with Crippen LogP contribution in [-0.2, 0) is 13.0 Å². The molecule has 3 rings (SSSR count). The van der Waals surface area contributed by atoms with Crippen molar-refractivity contribution in [2.45, 2.75) is 46.6 Å². The standard InChI is InChI=1S/C19H24N2O/c1-5-21-9-8-18-16(11-21)19(13(4)22)15-10-14(12(2)3)6-7-17(15)20-18/h6-7,10,12H,5,8-9,11H2,1-4H3. The predicted molar refractivity (Wildman–Crippen MR) is 90.5 cm³/mol. The highest BCUT2D eigenvalue weighted by Gasteiger charge is 2.23. The zero-order valence-corrected chi connectivity index (χ0v) is 13.9. The van der Waals surface area contributed by atoms with Crippen molar-refractivity contribution in [3.63, 3.8) is 0 Å². The molecule has 0 saturated carbocycles. The summed E-state index contributed by atoms with van der Waals surface area (Å²) in [6.07, 6.45) is 0.936. The molecule has 1 aliphatic rings. The molecule has 0 saturated heterocycles. The molecule has 0 bridgehead atoms. The number of likely N-dealkylation sites (N-methyl/N-ethyl adjacent to an activating group) is 1.